The van der Waals surface area contributed by atoms with Crippen LogP contribution in [0.4, 0.5) is 5.82 Å². The van der Waals surface area contributed by atoms with E-state index in [9.17, 15) is 9.90 Å². The minimum absolute atomic E-state index is 0. The van der Waals surface area contributed by atoms with E-state index in [1.807, 2.05) is 24.3 Å². The molecule has 5 nitrogen and oxygen atoms in total. The van der Waals surface area contributed by atoms with E-state index >= 15 is 0 Å². The van der Waals surface area contributed by atoms with Gasteiger partial charge in [0.2, 0.25) is 0 Å². The molecule has 1 unspecified atom stereocenters. The van der Waals surface area contributed by atoms with Crippen molar-refractivity contribution in [3.63, 3.8) is 0 Å². The predicted octanol–water partition coefficient (Wildman–Crippen LogP) is 3.71. The number of anilines is 1. The van der Waals surface area contributed by atoms with Gasteiger partial charge in [0.25, 0.3) is 0 Å². The Kier molecular flexibility index (Phi) is 5.23. The van der Waals surface area contributed by atoms with Crippen molar-refractivity contribution in [2.75, 3.05) is 5.32 Å². The van der Waals surface area contributed by atoms with Crippen molar-refractivity contribution in [2.45, 2.75) is 13.1 Å². The average molecular weight is 378 g/mol. The molecule has 0 saturated heterocycles. The van der Waals surface area contributed by atoms with E-state index in [1.165, 1.54) is 0 Å². The fraction of sp³-hybridized carbons (Fsp3) is 0.111. The van der Waals surface area contributed by atoms with Crippen molar-refractivity contribution >= 4 is 47.3 Å². The van der Waals surface area contributed by atoms with Crippen LogP contribution in [-0.2, 0) is 0 Å². The minimum Gasteiger partial charge on any atom is -0.508 e. The zero-order valence-electron chi connectivity index (χ0n) is 13.3. The number of fused-ring (bicyclic) bond motifs is 5. The molecule has 130 valence electrons. The molecule has 1 aliphatic carbocycles. The van der Waals surface area contributed by atoms with Gasteiger partial charge in [-0.15, -0.1) is 24.8 Å². The lowest BCUT2D eigenvalue weighted by Crippen LogP contribution is -2.27. The number of nitrogens with one attached hydrogen (secondary N) is 1. The number of halogens is 2. The Bertz CT molecular complexity index is 974. The second-order valence-corrected chi connectivity index (χ2v) is 5.72. The third kappa shape index (κ3) is 2.91. The van der Waals surface area contributed by atoms with Crippen molar-refractivity contribution in [3.05, 3.63) is 53.6 Å². The lowest BCUT2D eigenvalue weighted by Gasteiger charge is -2.15. The Labute approximate surface area is 157 Å². The summed E-state index contributed by atoms with van der Waals surface area (Å²) in [7, 11) is 0. The van der Waals surface area contributed by atoms with Gasteiger partial charge >= 0.3 is 0 Å². The van der Waals surface area contributed by atoms with E-state index < -0.39 is 0 Å². The van der Waals surface area contributed by atoms with Crippen LogP contribution in [0.3, 0.4) is 0 Å². The smallest absolute Gasteiger partial charge is 0.198 e. The highest BCUT2D eigenvalue weighted by molar-refractivity contribution is 6.28. The van der Waals surface area contributed by atoms with Crippen molar-refractivity contribution in [1.82, 2.24) is 4.98 Å². The van der Waals surface area contributed by atoms with Gasteiger partial charge in [-0.25, -0.2) is 4.98 Å². The number of pyridine rings is 1. The third-order valence-corrected chi connectivity index (χ3v) is 4.00. The standard InChI is InChI=1S/C18H15N3O2.2ClH/c1-9(19)20-18-16-15(11-4-2-3-5-12(11)17(16)23)13-7-6-10(22)8-14(13)21-18;;/h2-9,22H,19H2,1H3,(H,20,21);2*1H. The van der Waals surface area contributed by atoms with Crippen LogP contribution in [0, 0.1) is 0 Å². The van der Waals surface area contributed by atoms with Crippen LogP contribution in [0.2, 0.25) is 0 Å². The maximum absolute atomic E-state index is 12.8. The highest BCUT2D eigenvalue weighted by atomic mass is 35.5. The molecule has 4 rings (SSSR count). The quantitative estimate of drug-likeness (QED) is 0.463. The number of phenols is 1. The number of carbonyl (C=O) groups is 1. The SMILES string of the molecule is CC(N)Nc1nc2cc(O)ccc2c2c1C(=O)c1ccccc1-2.Cl.Cl. The Balaban J connectivity index is 0.00000113. The van der Waals surface area contributed by atoms with Gasteiger partial charge in [0.1, 0.15) is 11.6 Å². The first-order chi connectivity index (χ1) is 11.1. The van der Waals surface area contributed by atoms with Crippen LogP contribution in [0.25, 0.3) is 22.0 Å². The van der Waals surface area contributed by atoms with Crippen molar-refractivity contribution < 1.29 is 9.90 Å². The second-order valence-electron chi connectivity index (χ2n) is 5.72. The van der Waals surface area contributed by atoms with Crippen LogP contribution in [-0.4, -0.2) is 22.0 Å². The average Bonchev–Trinajstić information content (AvgIpc) is 2.81. The fourth-order valence-electron chi connectivity index (χ4n) is 3.11. The molecule has 0 radical (unpaired) electrons. The van der Waals surface area contributed by atoms with Crippen LogP contribution >= 0.6 is 24.8 Å². The zero-order chi connectivity index (χ0) is 16.1. The van der Waals surface area contributed by atoms with E-state index in [0.717, 1.165) is 16.5 Å². The molecule has 1 heterocycles. The Morgan fingerprint density at radius 1 is 1.08 bits per heavy atom. The molecular formula is C18H17Cl2N3O2. The summed E-state index contributed by atoms with van der Waals surface area (Å²) >= 11 is 0. The zero-order valence-corrected chi connectivity index (χ0v) is 14.9. The summed E-state index contributed by atoms with van der Waals surface area (Å²) in [4.78, 5) is 17.3. The summed E-state index contributed by atoms with van der Waals surface area (Å²) in [6.45, 7) is 1.79. The lowest BCUT2D eigenvalue weighted by atomic mass is 10.0. The minimum atomic E-state index is -0.349. The maximum Gasteiger partial charge on any atom is 0.198 e. The molecule has 3 aromatic rings. The molecule has 0 fully saturated rings. The summed E-state index contributed by atoms with van der Waals surface area (Å²) in [5.41, 5.74) is 9.39. The number of aromatic nitrogens is 1. The highest BCUT2D eigenvalue weighted by Gasteiger charge is 2.32. The molecule has 4 N–H and O–H groups in total. The molecule has 0 aliphatic heterocycles. The van der Waals surface area contributed by atoms with Gasteiger partial charge in [0.05, 0.1) is 17.2 Å². The van der Waals surface area contributed by atoms with E-state index in [-0.39, 0.29) is 42.5 Å². The molecule has 0 saturated carbocycles. The summed E-state index contributed by atoms with van der Waals surface area (Å²) in [6, 6.07) is 12.5. The monoisotopic (exact) mass is 377 g/mol. The fourth-order valence-corrected chi connectivity index (χ4v) is 3.11. The topological polar surface area (TPSA) is 88.2 Å². The number of aromatic hydroxyl groups is 1. The normalized spacial score (nSPS) is 12.6. The van der Waals surface area contributed by atoms with E-state index in [0.29, 0.717) is 22.5 Å². The van der Waals surface area contributed by atoms with Gasteiger partial charge in [0.15, 0.2) is 5.78 Å². The summed E-state index contributed by atoms with van der Waals surface area (Å²) in [5, 5.41) is 13.6. The Morgan fingerprint density at radius 3 is 2.44 bits per heavy atom. The number of rotatable bonds is 2. The van der Waals surface area contributed by atoms with Gasteiger partial charge < -0.3 is 16.2 Å². The summed E-state index contributed by atoms with van der Waals surface area (Å²) < 4.78 is 0. The van der Waals surface area contributed by atoms with Crippen molar-refractivity contribution in [3.8, 4) is 16.9 Å². The first kappa shape index (κ1) is 19.0. The lowest BCUT2D eigenvalue weighted by molar-refractivity contribution is 0.104. The Morgan fingerprint density at radius 2 is 1.76 bits per heavy atom. The predicted molar refractivity (Wildman–Crippen MR) is 104 cm³/mol. The number of nitrogens with two attached hydrogens (primary N) is 1. The van der Waals surface area contributed by atoms with Gasteiger partial charge in [-0.2, -0.15) is 0 Å². The van der Waals surface area contributed by atoms with Crippen molar-refractivity contribution in [1.29, 1.82) is 0 Å². The molecule has 1 atom stereocenters. The highest BCUT2D eigenvalue weighted by Crippen LogP contribution is 2.44. The van der Waals surface area contributed by atoms with Crippen LogP contribution < -0.4 is 11.1 Å². The number of phenolic OH excluding ortho intramolecular Hbond substituents is 1. The summed E-state index contributed by atoms with van der Waals surface area (Å²) in [5.74, 6) is 0.532. The molecule has 25 heavy (non-hydrogen) atoms. The first-order valence-electron chi connectivity index (χ1n) is 7.39. The van der Waals surface area contributed by atoms with Crippen LogP contribution in [0.1, 0.15) is 22.8 Å². The number of hydrogen-bond donors (Lipinski definition) is 3. The van der Waals surface area contributed by atoms with Crippen LogP contribution in [0.15, 0.2) is 42.5 Å². The molecule has 1 aliphatic rings. The first-order valence-corrected chi connectivity index (χ1v) is 7.39. The molecular weight excluding hydrogens is 361 g/mol. The molecule has 0 spiro atoms. The number of nitrogens with zero attached hydrogens (tertiary/aromatic N) is 1. The number of benzene rings is 2. The molecule has 0 amide bonds. The third-order valence-electron chi connectivity index (χ3n) is 4.00. The largest absolute Gasteiger partial charge is 0.508 e. The van der Waals surface area contributed by atoms with E-state index in [1.54, 1.807) is 25.1 Å². The maximum atomic E-state index is 12.8. The second kappa shape index (κ2) is 6.88. The van der Waals surface area contributed by atoms with Gasteiger partial charge in [-0.3, -0.25) is 4.79 Å². The number of hydrogen-bond acceptors (Lipinski definition) is 5. The van der Waals surface area contributed by atoms with Crippen molar-refractivity contribution in [2.24, 2.45) is 5.73 Å². The van der Waals surface area contributed by atoms with Gasteiger partial charge in [0, 0.05) is 22.6 Å². The summed E-state index contributed by atoms with van der Waals surface area (Å²) in [6.07, 6.45) is -0.349. The molecule has 1 aromatic heterocycles. The van der Waals surface area contributed by atoms with Crippen LogP contribution in [0.5, 0.6) is 5.75 Å². The van der Waals surface area contributed by atoms with E-state index in [2.05, 4.69) is 10.3 Å². The Hall–Kier alpha value is -2.34. The van der Waals surface area contributed by atoms with Gasteiger partial charge in [-0.05, 0) is 24.6 Å². The molecule has 0 bridgehead atoms. The van der Waals surface area contributed by atoms with Gasteiger partial charge in [-0.1, -0.05) is 24.3 Å². The molecule has 7 heteroatoms. The number of carbonyl (C=O) groups excluding carboxylic acids is 1. The number of ketones is 1. The molecule has 2 aromatic carbocycles. The van der Waals surface area contributed by atoms with E-state index in [4.69, 9.17) is 5.73 Å².